The first kappa shape index (κ1) is 18.7. The first-order valence-corrected chi connectivity index (χ1v) is 10.5. The second kappa shape index (κ2) is 6.58. The molecule has 2 heterocycles. The van der Waals surface area contributed by atoms with Crippen LogP contribution in [-0.2, 0) is 0 Å². The van der Waals surface area contributed by atoms with Gasteiger partial charge in [-0.25, -0.2) is 4.99 Å². The summed E-state index contributed by atoms with van der Waals surface area (Å²) in [7, 11) is 0. The third-order valence-corrected chi connectivity index (χ3v) is 6.35. The second-order valence-corrected chi connectivity index (χ2v) is 8.48. The summed E-state index contributed by atoms with van der Waals surface area (Å²) in [6.45, 7) is 4.01. The molecule has 7 heteroatoms. The van der Waals surface area contributed by atoms with Crippen molar-refractivity contribution in [2.75, 3.05) is 4.90 Å². The van der Waals surface area contributed by atoms with Crippen LogP contribution in [0, 0.1) is 13.8 Å². The Bertz CT molecular complexity index is 1300. The lowest BCUT2D eigenvalue weighted by molar-refractivity contribution is 0.306. The molecule has 2 aliphatic rings. The van der Waals surface area contributed by atoms with E-state index in [0.717, 1.165) is 65.3 Å². The average molecular weight is 403 g/mol. The number of aliphatic imine (C=N–C) groups is 2. The summed E-state index contributed by atoms with van der Waals surface area (Å²) in [5.41, 5.74) is 16.4. The Labute approximate surface area is 174 Å². The van der Waals surface area contributed by atoms with Gasteiger partial charge < -0.3 is 16.5 Å². The Morgan fingerprint density at radius 2 is 1.87 bits per heavy atom. The fraction of sp³-hybridized carbons (Fsp3) is 0.348. The van der Waals surface area contributed by atoms with E-state index in [1.807, 2.05) is 49.1 Å². The fourth-order valence-corrected chi connectivity index (χ4v) is 5.15. The largest absolute Gasteiger partial charge is 0.369 e. The number of aromatic amines is 1. The van der Waals surface area contributed by atoms with Gasteiger partial charge in [-0.2, -0.15) is 4.99 Å². The summed E-state index contributed by atoms with van der Waals surface area (Å²) in [6.07, 6.45) is 4.94. The predicted molar refractivity (Wildman–Crippen MR) is 123 cm³/mol. The average Bonchev–Trinajstić information content (AvgIpc) is 2.68. The molecule has 1 saturated carbocycles. The molecule has 1 aromatic heterocycles. The molecule has 0 amide bonds. The highest BCUT2D eigenvalue weighted by molar-refractivity contribution is 6.10. The third kappa shape index (κ3) is 2.69. The Hall–Kier alpha value is -3.35. The van der Waals surface area contributed by atoms with Crippen LogP contribution in [0.15, 0.2) is 45.1 Å². The van der Waals surface area contributed by atoms with E-state index in [4.69, 9.17) is 16.5 Å². The van der Waals surface area contributed by atoms with Crippen LogP contribution in [0.3, 0.4) is 0 Å². The number of rotatable bonds is 1. The van der Waals surface area contributed by atoms with Crippen LogP contribution in [0.5, 0.6) is 0 Å². The van der Waals surface area contributed by atoms with E-state index < -0.39 is 5.66 Å². The van der Waals surface area contributed by atoms with Crippen LogP contribution in [-0.4, -0.2) is 22.6 Å². The molecule has 154 valence electrons. The van der Waals surface area contributed by atoms with Crippen molar-refractivity contribution >= 4 is 39.4 Å². The lowest BCUT2D eigenvalue weighted by atomic mass is 9.87. The number of anilines is 1. The quantitative estimate of drug-likeness (QED) is 0.541. The smallest absolute Gasteiger partial charge is 0.220 e. The van der Waals surface area contributed by atoms with Gasteiger partial charge in [0.05, 0.1) is 16.7 Å². The number of hydrogen-bond donors (Lipinski definition) is 3. The minimum Gasteiger partial charge on any atom is -0.369 e. The highest BCUT2D eigenvalue weighted by Gasteiger charge is 2.43. The summed E-state index contributed by atoms with van der Waals surface area (Å²) in [6, 6.07) is 9.78. The summed E-state index contributed by atoms with van der Waals surface area (Å²) in [4.78, 5) is 27.9. The van der Waals surface area contributed by atoms with Crippen molar-refractivity contribution in [3.05, 3.63) is 51.7 Å². The molecule has 0 saturated heterocycles. The standard InChI is InChI=1S/C23H26N6O/c1-13-11-14(2)18-16(12-13)26-19-15(20(18)30)7-6-8-17(19)29-22(25)27-21(24)28-23(29)9-4-3-5-10-23/h6-8,11-12H,3-5,9-10H2,1-2H3,(H,26,30)(H4,24,25,27,28). The van der Waals surface area contributed by atoms with Gasteiger partial charge in [0.25, 0.3) is 0 Å². The van der Waals surface area contributed by atoms with Crippen molar-refractivity contribution < 1.29 is 0 Å². The molecule has 1 aliphatic heterocycles. The van der Waals surface area contributed by atoms with Crippen molar-refractivity contribution in [3.63, 3.8) is 0 Å². The van der Waals surface area contributed by atoms with Crippen LogP contribution < -0.4 is 21.8 Å². The number of nitrogens with one attached hydrogen (secondary N) is 1. The van der Waals surface area contributed by atoms with Gasteiger partial charge in [-0.15, -0.1) is 0 Å². The molecule has 0 unspecified atom stereocenters. The van der Waals surface area contributed by atoms with Crippen molar-refractivity contribution in [2.45, 2.75) is 51.6 Å². The molecular formula is C23H26N6O. The lowest BCUT2D eigenvalue weighted by Gasteiger charge is -2.45. The molecule has 2 aromatic carbocycles. The molecule has 5 N–H and O–H groups in total. The van der Waals surface area contributed by atoms with Gasteiger partial charge in [-0.1, -0.05) is 18.6 Å². The maximum absolute atomic E-state index is 13.4. The lowest BCUT2D eigenvalue weighted by Crippen LogP contribution is -2.58. The maximum Gasteiger partial charge on any atom is 0.220 e. The topological polar surface area (TPSA) is 113 Å². The number of hydrogen-bond acceptors (Lipinski definition) is 6. The first-order valence-electron chi connectivity index (χ1n) is 10.5. The van der Waals surface area contributed by atoms with Gasteiger partial charge in [0.2, 0.25) is 11.9 Å². The van der Waals surface area contributed by atoms with Crippen molar-refractivity contribution in [3.8, 4) is 0 Å². The predicted octanol–water partition coefficient (Wildman–Crippen LogP) is 3.41. The van der Waals surface area contributed by atoms with E-state index in [-0.39, 0.29) is 11.4 Å². The molecule has 0 atom stereocenters. The number of benzene rings is 2. The zero-order chi connectivity index (χ0) is 21.0. The highest BCUT2D eigenvalue weighted by Crippen LogP contribution is 2.41. The molecule has 1 aliphatic carbocycles. The number of nitrogens with zero attached hydrogens (tertiary/aromatic N) is 3. The molecule has 1 spiro atoms. The molecule has 7 nitrogen and oxygen atoms in total. The zero-order valence-electron chi connectivity index (χ0n) is 17.3. The Balaban J connectivity index is 1.82. The third-order valence-electron chi connectivity index (χ3n) is 6.35. The number of fused-ring (bicyclic) bond motifs is 2. The highest BCUT2D eigenvalue weighted by atomic mass is 16.1. The Morgan fingerprint density at radius 1 is 1.10 bits per heavy atom. The van der Waals surface area contributed by atoms with Crippen molar-refractivity contribution in [1.82, 2.24) is 4.98 Å². The van der Waals surface area contributed by atoms with Gasteiger partial charge in [-0.05, 0) is 68.9 Å². The van der Waals surface area contributed by atoms with E-state index in [1.54, 1.807) is 0 Å². The number of nitrogens with two attached hydrogens (primary N) is 2. The van der Waals surface area contributed by atoms with E-state index in [9.17, 15) is 4.79 Å². The summed E-state index contributed by atoms with van der Waals surface area (Å²) in [5, 5.41) is 1.36. The number of aromatic nitrogens is 1. The molecule has 5 rings (SSSR count). The number of H-pyrrole nitrogens is 1. The number of aryl methyl sites for hydroxylation is 2. The van der Waals surface area contributed by atoms with Crippen LogP contribution in [0.4, 0.5) is 5.69 Å². The summed E-state index contributed by atoms with van der Waals surface area (Å²) < 4.78 is 0. The SMILES string of the molecule is Cc1cc(C)c2c(=O)c3cccc(N4C(N)=NC(N)=NC45CCCCC5)c3[nH]c2c1. The van der Waals surface area contributed by atoms with Gasteiger partial charge in [0.1, 0.15) is 5.66 Å². The molecule has 30 heavy (non-hydrogen) atoms. The first-order chi connectivity index (χ1) is 14.4. The summed E-state index contributed by atoms with van der Waals surface area (Å²) in [5.74, 6) is 0.536. The number of para-hydroxylation sites is 1. The van der Waals surface area contributed by atoms with E-state index in [1.165, 1.54) is 0 Å². The number of guanidine groups is 2. The van der Waals surface area contributed by atoms with Gasteiger partial charge in [-0.3, -0.25) is 9.69 Å². The Kier molecular flexibility index (Phi) is 4.10. The van der Waals surface area contributed by atoms with E-state index in [2.05, 4.69) is 9.98 Å². The van der Waals surface area contributed by atoms with Gasteiger partial charge in [0.15, 0.2) is 5.43 Å². The van der Waals surface area contributed by atoms with E-state index >= 15 is 0 Å². The molecular weight excluding hydrogens is 376 g/mol. The molecule has 1 fully saturated rings. The Morgan fingerprint density at radius 3 is 2.63 bits per heavy atom. The van der Waals surface area contributed by atoms with Crippen LogP contribution in [0.2, 0.25) is 0 Å². The van der Waals surface area contributed by atoms with Gasteiger partial charge >= 0.3 is 0 Å². The van der Waals surface area contributed by atoms with Crippen molar-refractivity contribution in [1.29, 1.82) is 0 Å². The minimum absolute atomic E-state index is 0.0197. The van der Waals surface area contributed by atoms with Crippen LogP contribution in [0.1, 0.15) is 43.2 Å². The van der Waals surface area contributed by atoms with Crippen molar-refractivity contribution in [2.24, 2.45) is 21.5 Å². The minimum atomic E-state index is -0.559. The van der Waals surface area contributed by atoms with Crippen LogP contribution >= 0.6 is 0 Å². The van der Waals surface area contributed by atoms with Gasteiger partial charge in [0, 0.05) is 10.8 Å². The normalized spacial score (nSPS) is 18.7. The maximum atomic E-state index is 13.4. The molecule has 3 aromatic rings. The molecule has 0 bridgehead atoms. The molecule has 0 radical (unpaired) electrons. The summed E-state index contributed by atoms with van der Waals surface area (Å²) >= 11 is 0. The fourth-order valence-electron chi connectivity index (χ4n) is 5.15. The second-order valence-electron chi connectivity index (χ2n) is 8.48. The monoisotopic (exact) mass is 402 g/mol. The van der Waals surface area contributed by atoms with Crippen LogP contribution in [0.25, 0.3) is 21.8 Å². The zero-order valence-corrected chi connectivity index (χ0v) is 17.3. The van der Waals surface area contributed by atoms with E-state index in [0.29, 0.717) is 11.3 Å². The number of pyridine rings is 1.